The molecule has 3 rings (SSSR count). The lowest BCUT2D eigenvalue weighted by molar-refractivity contribution is 0.0952. The van der Waals surface area contributed by atoms with Crippen molar-refractivity contribution in [2.24, 2.45) is 0 Å². The molecule has 0 saturated carbocycles. The largest absolute Gasteiger partial charge is 0.486 e. The van der Waals surface area contributed by atoms with E-state index in [0.29, 0.717) is 22.9 Å². The van der Waals surface area contributed by atoms with Crippen LogP contribution < -0.4 is 15.4 Å². The lowest BCUT2D eigenvalue weighted by Crippen LogP contribution is -2.24. The normalized spacial score (nSPS) is 10.5. The van der Waals surface area contributed by atoms with Crippen LogP contribution >= 0.6 is 11.3 Å². The van der Waals surface area contributed by atoms with Gasteiger partial charge in [0, 0.05) is 17.8 Å². The second-order valence-electron chi connectivity index (χ2n) is 6.69. The van der Waals surface area contributed by atoms with Gasteiger partial charge in [-0.05, 0) is 49.2 Å². The molecule has 7 nitrogen and oxygen atoms in total. The standard InChI is InChI=1S/C22H24N4O3S/c1-3-4-13-23-20(27)16-9-11-17(12-10-16)29-14-19-25-26-22(30-19)21(28)24-18-8-6-5-7-15(18)2/h5-12H,3-4,13-14H2,1-2H3,(H,23,27)(H,24,28). The average molecular weight is 425 g/mol. The van der Waals surface area contributed by atoms with Crippen molar-refractivity contribution in [2.45, 2.75) is 33.3 Å². The molecule has 2 aromatic carbocycles. The number of anilines is 1. The van der Waals surface area contributed by atoms with Gasteiger partial charge in [0.1, 0.15) is 12.4 Å². The number of nitrogens with zero attached hydrogens (tertiary/aromatic N) is 2. The lowest BCUT2D eigenvalue weighted by Gasteiger charge is -2.06. The fourth-order valence-electron chi connectivity index (χ4n) is 2.62. The van der Waals surface area contributed by atoms with Gasteiger partial charge in [-0.3, -0.25) is 9.59 Å². The predicted octanol–water partition coefficient (Wildman–Crippen LogP) is 4.21. The molecule has 30 heavy (non-hydrogen) atoms. The zero-order chi connectivity index (χ0) is 21.3. The second-order valence-corrected chi connectivity index (χ2v) is 7.75. The molecule has 0 bridgehead atoms. The van der Waals surface area contributed by atoms with E-state index in [2.05, 4.69) is 27.8 Å². The molecule has 8 heteroatoms. The third-order valence-corrected chi connectivity index (χ3v) is 5.24. The third kappa shape index (κ3) is 5.87. The summed E-state index contributed by atoms with van der Waals surface area (Å²) in [7, 11) is 0. The maximum atomic E-state index is 12.4. The fourth-order valence-corrected chi connectivity index (χ4v) is 3.27. The van der Waals surface area contributed by atoms with Gasteiger partial charge in [-0.25, -0.2) is 0 Å². The van der Waals surface area contributed by atoms with E-state index in [4.69, 9.17) is 4.74 Å². The molecule has 0 aliphatic rings. The van der Waals surface area contributed by atoms with Crippen LogP contribution in [0.5, 0.6) is 5.75 Å². The maximum absolute atomic E-state index is 12.4. The molecule has 0 spiro atoms. The molecule has 156 valence electrons. The number of para-hydroxylation sites is 1. The van der Waals surface area contributed by atoms with E-state index in [0.717, 1.165) is 24.1 Å². The summed E-state index contributed by atoms with van der Waals surface area (Å²) in [4.78, 5) is 24.4. The first kappa shape index (κ1) is 21.4. The summed E-state index contributed by atoms with van der Waals surface area (Å²) in [5.74, 6) is 0.219. The molecule has 2 N–H and O–H groups in total. The van der Waals surface area contributed by atoms with Crippen LogP contribution in [0.2, 0.25) is 0 Å². The van der Waals surface area contributed by atoms with E-state index in [9.17, 15) is 9.59 Å². The predicted molar refractivity (Wildman–Crippen MR) is 117 cm³/mol. The van der Waals surface area contributed by atoms with Crippen LogP contribution in [0.4, 0.5) is 5.69 Å². The van der Waals surface area contributed by atoms with Gasteiger partial charge < -0.3 is 15.4 Å². The monoisotopic (exact) mass is 424 g/mol. The first-order valence-electron chi connectivity index (χ1n) is 9.77. The smallest absolute Gasteiger partial charge is 0.286 e. The highest BCUT2D eigenvalue weighted by molar-refractivity contribution is 7.13. The number of aromatic nitrogens is 2. The van der Waals surface area contributed by atoms with Crippen molar-refractivity contribution in [1.82, 2.24) is 15.5 Å². The van der Waals surface area contributed by atoms with Gasteiger partial charge in [0.15, 0.2) is 5.01 Å². The summed E-state index contributed by atoms with van der Waals surface area (Å²) < 4.78 is 5.70. The summed E-state index contributed by atoms with van der Waals surface area (Å²) in [6, 6.07) is 14.5. The molecule has 0 aliphatic heterocycles. The fraction of sp³-hybridized carbons (Fsp3) is 0.273. The minimum atomic E-state index is -0.300. The molecular formula is C22H24N4O3S. The number of ether oxygens (including phenoxy) is 1. The summed E-state index contributed by atoms with van der Waals surface area (Å²) in [6.07, 6.45) is 1.99. The second kappa shape index (κ2) is 10.5. The number of amides is 2. The number of carbonyl (C=O) groups excluding carboxylic acids is 2. The number of unbranched alkanes of at least 4 members (excludes halogenated alkanes) is 1. The van der Waals surface area contributed by atoms with Crippen molar-refractivity contribution >= 4 is 28.8 Å². The molecule has 0 fully saturated rings. The molecule has 3 aromatic rings. The van der Waals surface area contributed by atoms with Crippen molar-refractivity contribution in [3.05, 3.63) is 69.7 Å². The SMILES string of the molecule is CCCCNC(=O)c1ccc(OCc2nnc(C(=O)Nc3ccccc3C)s2)cc1. The highest BCUT2D eigenvalue weighted by Gasteiger charge is 2.14. The number of nitrogens with one attached hydrogen (secondary N) is 2. The molecule has 1 heterocycles. The number of carbonyl (C=O) groups is 2. The lowest BCUT2D eigenvalue weighted by atomic mass is 10.2. The first-order chi connectivity index (χ1) is 14.6. The van der Waals surface area contributed by atoms with E-state index >= 15 is 0 Å². The van der Waals surface area contributed by atoms with E-state index < -0.39 is 0 Å². The van der Waals surface area contributed by atoms with E-state index in [1.54, 1.807) is 24.3 Å². The van der Waals surface area contributed by atoms with E-state index in [-0.39, 0.29) is 23.4 Å². The van der Waals surface area contributed by atoms with Crippen molar-refractivity contribution < 1.29 is 14.3 Å². The zero-order valence-electron chi connectivity index (χ0n) is 17.0. The molecule has 1 aromatic heterocycles. The quantitative estimate of drug-likeness (QED) is 0.502. The van der Waals surface area contributed by atoms with Gasteiger partial charge in [-0.15, -0.1) is 10.2 Å². The van der Waals surface area contributed by atoms with Crippen LogP contribution in [0.25, 0.3) is 0 Å². The molecule has 0 radical (unpaired) electrons. The minimum absolute atomic E-state index is 0.0940. The Hall–Kier alpha value is -3.26. The van der Waals surface area contributed by atoms with Gasteiger partial charge in [0.05, 0.1) is 0 Å². The molecule has 0 atom stereocenters. The Balaban J connectivity index is 1.52. The summed E-state index contributed by atoms with van der Waals surface area (Å²) in [5.41, 5.74) is 2.31. The minimum Gasteiger partial charge on any atom is -0.486 e. The summed E-state index contributed by atoms with van der Waals surface area (Å²) >= 11 is 1.18. The summed E-state index contributed by atoms with van der Waals surface area (Å²) in [5, 5.41) is 14.6. The van der Waals surface area contributed by atoms with Gasteiger partial charge in [0.2, 0.25) is 5.01 Å². The Morgan fingerprint density at radius 2 is 1.80 bits per heavy atom. The van der Waals surface area contributed by atoms with Crippen molar-refractivity contribution in [3.63, 3.8) is 0 Å². The van der Waals surface area contributed by atoms with Crippen LogP contribution in [-0.4, -0.2) is 28.6 Å². The highest BCUT2D eigenvalue weighted by Crippen LogP contribution is 2.19. The first-order valence-corrected chi connectivity index (χ1v) is 10.6. The molecule has 2 amide bonds. The summed E-state index contributed by atoms with van der Waals surface area (Å²) in [6.45, 7) is 4.87. The Morgan fingerprint density at radius 3 is 2.53 bits per heavy atom. The number of rotatable bonds is 9. The zero-order valence-corrected chi connectivity index (χ0v) is 17.8. The Kier molecular flexibility index (Phi) is 7.51. The van der Waals surface area contributed by atoms with Crippen LogP contribution in [0.3, 0.4) is 0 Å². The number of hydrogen-bond donors (Lipinski definition) is 2. The van der Waals surface area contributed by atoms with Crippen LogP contribution in [0, 0.1) is 6.92 Å². The maximum Gasteiger partial charge on any atom is 0.286 e. The van der Waals surface area contributed by atoms with Gasteiger partial charge in [-0.2, -0.15) is 0 Å². The average Bonchev–Trinajstić information content (AvgIpc) is 3.24. The highest BCUT2D eigenvalue weighted by atomic mass is 32.1. The number of hydrogen-bond acceptors (Lipinski definition) is 6. The third-order valence-electron chi connectivity index (χ3n) is 4.35. The molecular weight excluding hydrogens is 400 g/mol. The topological polar surface area (TPSA) is 93.2 Å². The van der Waals surface area contributed by atoms with Gasteiger partial charge in [0.25, 0.3) is 11.8 Å². The molecule has 0 aliphatic carbocycles. The van der Waals surface area contributed by atoms with E-state index in [1.807, 2.05) is 31.2 Å². The van der Waals surface area contributed by atoms with E-state index in [1.165, 1.54) is 11.3 Å². The van der Waals surface area contributed by atoms with Crippen LogP contribution in [0.1, 0.15) is 50.5 Å². The number of benzene rings is 2. The Bertz CT molecular complexity index is 1000. The van der Waals surface area contributed by atoms with Crippen molar-refractivity contribution in [1.29, 1.82) is 0 Å². The molecule has 0 unspecified atom stereocenters. The number of aryl methyl sites for hydroxylation is 1. The molecule has 0 saturated heterocycles. The Labute approximate surface area is 179 Å². The van der Waals surface area contributed by atoms with Crippen LogP contribution in [0.15, 0.2) is 48.5 Å². The Morgan fingerprint density at radius 1 is 1.03 bits per heavy atom. The van der Waals surface area contributed by atoms with Crippen molar-refractivity contribution in [3.8, 4) is 5.75 Å². The van der Waals surface area contributed by atoms with Gasteiger partial charge in [-0.1, -0.05) is 42.9 Å². The van der Waals surface area contributed by atoms with Crippen LogP contribution in [-0.2, 0) is 6.61 Å². The van der Waals surface area contributed by atoms with Gasteiger partial charge >= 0.3 is 0 Å². The van der Waals surface area contributed by atoms with Crippen molar-refractivity contribution in [2.75, 3.05) is 11.9 Å².